The number of halogens is 2. The molecule has 2 heterocycles. The quantitative estimate of drug-likeness (QED) is 0.449. The molecule has 1 aromatic heterocycles. The number of anilines is 2. The maximum atomic E-state index is 14.1. The summed E-state index contributed by atoms with van der Waals surface area (Å²) in [4.78, 5) is 31.7. The van der Waals surface area contributed by atoms with E-state index in [2.05, 4.69) is 10.2 Å². The number of carbonyl (C=O) groups is 2. The number of rotatable bonds is 6. The summed E-state index contributed by atoms with van der Waals surface area (Å²) in [5.74, 6) is -0.429. The van der Waals surface area contributed by atoms with Gasteiger partial charge in [-0.1, -0.05) is 23.7 Å². The molecule has 0 bridgehead atoms. The average Bonchev–Trinajstić information content (AvgIpc) is 3.22. The molecule has 1 fully saturated rings. The van der Waals surface area contributed by atoms with Crippen molar-refractivity contribution in [2.75, 3.05) is 42.9 Å². The number of thiophene rings is 1. The Balaban J connectivity index is 1.27. The fourth-order valence-electron chi connectivity index (χ4n) is 4.86. The summed E-state index contributed by atoms with van der Waals surface area (Å²) in [7, 11) is 0. The number of hydrogen-bond donors (Lipinski definition) is 1. The van der Waals surface area contributed by atoms with Crippen LogP contribution < -0.4 is 10.2 Å². The smallest absolute Gasteiger partial charge is 0.239 e. The number of carbonyl (C=O) groups excluding carboxylic acids is 2. The maximum absolute atomic E-state index is 14.1. The number of para-hydroxylation sites is 1. The number of aryl methyl sites for hydroxylation is 1. The number of hydrogen-bond acceptors (Lipinski definition) is 5. The molecule has 0 atom stereocenters. The second-order valence-corrected chi connectivity index (χ2v) is 10.6. The molecule has 1 saturated heterocycles. The summed E-state index contributed by atoms with van der Waals surface area (Å²) in [5.41, 5.74) is 2.88. The first kappa shape index (κ1) is 24.0. The van der Waals surface area contributed by atoms with Crippen LogP contribution in [0.3, 0.4) is 0 Å². The first-order chi connectivity index (χ1) is 17.0. The number of ketones is 1. The first-order valence-electron chi connectivity index (χ1n) is 12.0. The molecule has 2 aromatic carbocycles. The minimum absolute atomic E-state index is 0.0742. The predicted octanol–water partition coefficient (Wildman–Crippen LogP) is 5.41. The van der Waals surface area contributed by atoms with E-state index < -0.39 is 0 Å². The van der Waals surface area contributed by atoms with Crippen molar-refractivity contribution in [2.24, 2.45) is 0 Å². The molecule has 3 aromatic rings. The van der Waals surface area contributed by atoms with Crippen molar-refractivity contribution >= 4 is 45.3 Å². The van der Waals surface area contributed by atoms with E-state index in [9.17, 15) is 14.0 Å². The monoisotopic (exact) mass is 511 g/mol. The van der Waals surface area contributed by atoms with Crippen LogP contribution in [0.4, 0.5) is 15.1 Å². The second-order valence-electron chi connectivity index (χ2n) is 9.01. The summed E-state index contributed by atoms with van der Waals surface area (Å²) >= 11 is 7.54. The molecular weight excluding hydrogens is 485 g/mol. The summed E-state index contributed by atoms with van der Waals surface area (Å²) in [6, 6.07) is 13.7. The number of benzene rings is 2. The van der Waals surface area contributed by atoms with E-state index in [1.165, 1.54) is 22.3 Å². The van der Waals surface area contributed by atoms with Crippen LogP contribution in [-0.4, -0.2) is 49.3 Å². The zero-order valence-electron chi connectivity index (χ0n) is 19.4. The zero-order chi connectivity index (χ0) is 24.4. The number of fused-ring (bicyclic) bond motifs is 1. The molecule has 2 aliphatic rings. The summed E-state index contributed by atoms with van der Waals surface area (Å²) in [6.07, 6.45) is 3.94. The molecule has 8 heteroatoms. The van der Waals surface area contributed by atoms with Gasteiger partial charge >= 0.3 is 0 Å². The highest BCUT2D eigenvalue weighted by Crippen LogP contribution is 2.39. The SMILES string of the molecule is O=C(CN1CCN(c2ccccc2F)CC1)Nc1sc2c(c1C(=O)c1ccc(Cl)cc1)CCCC2. The fourth-order valence-corrected chi connectivity index (χ4v) is 6.29. The first-order valence-corrected chi connectivity index (χ1v) is 13.2. The van der Waals surface area contributed by atoms with Crippen LogP contribution in [0.2, 0.25) is 5.02 Å². The third-order valence-corrected chi connectivity index (χ3v) is 8.15. The van der Waals surface area contributed by atoms with Gasteiger partial charge in [0.25, 0.3) is 0 Å². The van der Waals surface area contributed by atoms with E-state index in [-0.39, 0.29) is 24.1 Å². The topological polar surface area (TPSA) is 52.7 Å². The molecule has 1 N–H and O–H groups in total. The van der Waals surface area contributed by atoms with E-state index in [0.717, 1.165) is 31.2 Å². The van der Waals surface area contributed by atoms with Gasteiger partial charge in [0, 0.05) is 41.6 Å². The van der Waals surface area contributed by atoms with E-state index in [1.54, 1.807) is 36.4 Å². The van der Waals surface area contributed by atoms with Crippen molar-refractivity contribution in [1.29, 1.82) is 0 Å². The number of nitrogens with one attached hydrogen (secondary N) is 1. The lowest BCUT2D eigenvalue weighted by molar-refractivity contribution is -0.117. The third-order valence-electron chi connectivity index (χ3n) is 6.69. The highest BCUT2D eigenvalue weighted by molar-refractivity contribution is 7.17. The molecule has 0 unspecified atom stereocenters. The van der Waals surface area contributed by atoms with Gasteiger partial charge in [-0.3, -0.25) is 14.5 Å². The highest BCUT2D eigenvalue weighted by atomic mass is 35.5. The van der Waals surface area contributed by atoms with Crippen molar-refractivity contribution in [2.45, 2.75) is 25.7 Å². The molecule has 182 valence electrons. The fraction of sp³-hybridized carbons (Fsp3) is 0.333. The lowest BCUT2D eigenvalue weighted by atomic mass is 9.92. The molecule has 35 heavy (non-hydrogen) atoms. The Morgan fingerprint density at radius 3 is 2.43 bits per heavy atom. The van der Waals surface area contributed by atoms with Gasteiger partial charge < -0.3 is 10.2 Å². The van der Waals surface area contributed by atoms with Crippen LogP contribution in [-0.2, 0) is 17.6 Å². The lowest BCUT2D eigenvalue weighted by Crippen LogP contribution is -2.48. The molecule has 5 nitrogen and oxygen atoms in total. The standard InChI is InChI=1S/C27H27ClFN3O2S/c28-19-11-9-18(10-12-19)26(34)25-20-5-1-4-8-23(20)35-27(25)30-24(33)17-31-13-15-32(16-14-31)22-7-3-2-6-21(22)29/h2-3,6-7,9-12H,1,4-5,8,13-17H2,(H,30,33). The van der Waals surface area contributed by atoms with Gasteiger partial charge in [0.1, 0.15) is 10.8 Å². The van der Waals surface area contributed by atoms with Crippen molar-refractivity contribution < 1.29 is 14.0 Å². The van der Waals surface area contributed by atoms with Crippen LogP contribution in [0.1, 0.15) is 39.2 Å². The average molecular weight is 512 g/mol. The van der Waals surface area contributed by atoms with Gasteiger partial charge in [0.05, 0.1) is 17.8 Å². The van der Waals surface area contributed by atoms with Crippen molar-refractivity contribution in [3.8, 4) is 0 Å². The molecule has 1 aliphatic carbocycles. The van der Waals surface area contributed by atoms with Crippen LogP contribution >= 0.6 is 22.9 Å². The summed E-state index contributed by atoms with van der Waals surface area (Å²) < 4.78 is 14.1. The van der Waals surface area contributed by atoms with Gasteiger partial charge in [0.2, 0.25) is 5.91 Å². The Kier molecular flexibility index (Phi) is 7.18. The van der Waals surface area contributed by atoms with Crippen LogP contribution in [0.15, 0.2) is 48.5 Å². The van der Waals surface area contributed by atoms with Gasteiger partial charge in [-0.15, -0.1) is 11.3 Å². The minimum atomic E-state index is -0.224. The zero-order valence-corrected chi connectivity index (χ0v) is 20.9. The van der Waals surface area contributed by atoms with Gasteiger partial charge in [-0.05, 0) is 67.6 Å². The van der Waals surface area contributed by atoms with E-state index in [4.69, 9.17) is 11.6 Å². The summed E-state index contributed by atoms with van der Waals surface area (Å²) in [6.45, 7) is 2.88. The van der Waals surface area contributed by atoms with Crippen molar-refractivity contribution in [3.63, 3.8) is 0 Å². The van der Waals surface area contributed by atoms with Gasteiger partial charge in [-0.25, -0.2) is 4.39 Å². The largest absolute Gasteiger partial charge is 0.367 e. The number of amides is 1. The molecule has 1 amide bonds. The minimum Gasteiger partial charge on any atom is -0.367 e. The third kappa shape index (κ3) is 5.27. The summed E-state index contributed by atoms with van der Waals surface area (Å²) in [5, 5.41) is 4.27. The Morgan fingerprint density at radius 1 is 0.971 bits per heavy atom. The Hall–Kier alpha value is -2.74. The van der Waals surface area contributed by atoms with Crippen molar-refractivity contribution in [1.82, 2.24) is 4.90 Å². The van der Waals surface area contributed by atoms with Crippen LogP contribution in [0.5, 0.6) is 0 Å². The molecule has 0 saturated carbocycles. The molecule has 0 radical (unpaired) electrons. The normalized spacial score (nSPS) is 16.1. The molecular formula is C27H27ClFN3O2S. The Labute approximate surface area is 213 Å². The van der Waals surface area contributed by atoms with Gasteiger partial charge in [0.15, 0.2) is 5.78 Å². The predicted molar refractivity (Wildman–Crippen MR) is 140 cm³/mol. The Bertz CT molecular complexity index is 1240. The van der Waals surface area contributed by atoms with Gasteiger partial charge in [-0.2, -0.15) is 0 Å². The molecule has 5 rings (SSSR count). The second kappa shape index (κ2) is 10.5. The van der Waals surface area contributed by atoms with Crippen LogP contribution in [0.25, 0.3) is 0 Å². The molecule has 0 spiro atoms. The number of piperazine rings is 1. The van der Waals surface area contributed by atoms with Crippen molar-refractivity contribution in [3.05, 3.63) is 80.9 Å². The maximum Gasteiger partial charge on any atom is 0.239 e. The van der Waals surface area contributed by atoms with E-state index in [1.807, 2.05) is 11.0 Å². The number of nitrogens with zero attached hydrogens (tertiary/aromatic N) is 2. The highest BCUT2D eigenvalue weighted by Gasteiger charge is 2.28. The van der Waals surface area contributed by atoms with E-state index in [0.29, 0.717) is 53.0 Å². The molecule has 1 aliphatic heterocycles. The lowest BCUT2D eigenvalue weighted by Gasteiger charge is -2.35. The van der Waals surface area contributed by atoms with E-state index >= 15 is 0 Å². The Morgan fingerprint density at radius 2 is 1.69 bits per heavy atom. The van der Waals surface area contributed by atoms with Crippen LogP contribution in [0, 0.1) is 5.82 Å².